The Kier molecular flexibility index (Phi) is 4.28. The van der Waals surface area contributed by atoms with Crippen molar-refractivity contribution in [3.8, 4) is 0 Å². The van der Waals surface area contributed by atoms with Gasteiger partial charge in [0, 0.05) is 17.8 Å². The second-order valence-electron chi connectivity index (χ2n) is 4.71. The van der Waals surface area contributed by atoms with Crippen LogP contribution in [0.3, 0.4) is 0 Å². The summed E-state index contributed by atoms with van der Waals surface area (Å²) in [7, 11) is 0. The SMILES string of the molecule is NC1CCCCCC1NC(=O)C1CSC(=O)N1. The molecule has 1 heterocycles. The first kappa shape index (κ1) is 12.7. The molecule has 0 bridgehead atoms. The minimum atomic E-state index is -0.386. The van der Waals surface area contributed by atoms with E-state index in [0.29, 0.717) is 5.75 Å². The van der Waals surface area contributed by atoms with E-state index in [0.717, 1.165) is 37.4 Å². The van der Waals surface area contributed by atoms with Crippen LogP contribution in [-0.2, 0) is 4.79 Å². The van der Waals surface area contributed by atoms with Gasteiger partial charge in [0.25, 0.3) is 5.24 Å². The Labute approximate surface area is 105 Å². The number of carbonyl (C=O) groups excluding carboxylic acids is 2. The molecular weight excluding hydrogens is 238 g/mol. The molecule has 2 aliphatic rings. The van der Waals surface area contributed by atoms with Crippen molar-refractivity contribution in [1.82, 2.24) is 10.6 Å². The van der Waals surface area contributed by atoms with Crippen LogP contribution in [0.4, 0.5) is 4.79 Å². The molecule has 0 aromatic carbocycles. The molecule has 0 radical (unpaired) electrons. The van der Waals surface area contributed by atoms with Crippen LogP contribution in [0.25, 0.3) is 0 Å². The third kappa shape index (κ3) is 3.35. The summed E-state index contributed by atoms with van der Waals surface area (Å²) >= 11 is 1.16. The topological polar surface area (TPSA) is 84.2 Å². The van der Waals surface area contributed by atoms with Gasteiger partial charge in [-0.25, -0.2) is 0 Å². The van der Waals surface area contributed by atoms with Crippen LogP contribution in [0.2, 0.25) is 0 Å². The van der Waals surface area contributed by atoms with E-state index in [4.69, 9.17) is 5.73 Å². The average molecular weight is 257 g/mol. The summed E-state index contributed by atoms with van der Waals surface area (Å²) in [4.78, 5) is 22.9. The van der Waals surface area contributed by atoms with Crippen molar-refractivity contribution in [3.05, 3.63) is 0 Å². The summed E-state index contributed by atoms with van der Waals surface area (Å²) in [6, 6.07) is -0.276. The Balaban J connectivity index is 1.86. The molecule has 2 rings (SSSR count). The van der Waals surface area contributed by atoms with Gasteiger partial charge in [-0.2, -0.15) is 0 Å². The van der Waals surface area contributed by atoms with E-state index in [9.17, 15) is 9.59 Å². The largest absolute Gasteiger partial charge is 0.350 e. The van der Waals surface area contributed by atoms with Crippen molar-refractivity contribution >= 4 is 22.9 Å². The number of hydrogen-bond donors (Lipinski definition) is 3. The van der Waals surface area contributed by atoms with Crippen molar-refractivity contribution < 1.29 is 9.59 Å². The zero-order chi connectivity index (χ0) is 12.3. The van der Waals surface area contributed by atoms with E-state index < -0.39 is 0 Å². The highest BCUT2D eigenvalue weighted by Crippen LogP contribution is 2.18. The number of hydrogen-bond acceptors (Lipinski definition) is 4. The van der Waals surface area contributed by atoms with Crippen LogP contribution >= 0.6 is 11.8 Å². The highest BCUT2D eigenvalue weighted by molar-refractivity contribution is 8.14. The first-order valence-electron chi connectivity index (χ1n) is 6.16. The maximum Gasteiger partial charge on any atom is 0.279 e. The van der Waals surface area contributed by atoms with Crippen LogP contribution < -0.4 is 16.4 Å². The molecule has 3 atom stereocenters. The molecular formula is C11H19N3O2S. The second-order valence-corrected chi connectivity index (χ2v) is 5.71. The summed E-state index contributed by atoms with van der Waals surface area (Å²) in [6.45, 7) is 0. The molecule has 5 nitrogen and oxygen atoms in total. The molecule has 6 heteroatoms. The molecule has 3 unspecified atom stereocenters. The Hall–Kier alpha value is -0.750. The third-order valence-corrected chi connectivity index (χ3v) is 4.27. The average Bonchev–Trinajstić information content (AvgIpc) is 2.63. The van der Waals surface area contributed by atoms with Crippen molar-refractivity contribution in [2.24, 2.45) is 5.73 Å². The van der Waals surface area contributed by atoms with E-state index >= 15 is 0 Å². The Bertz CT molecular complexity index is 311. The zero-order valence-electron chi connectivity index (χ0n) is 9.78. The molecule has 2 amide bonds. The number of amides is 2. The number of nitrogens with one attached hydrogen (secondary N) is 2. The van der Waals surface area contributed by atoms with Gasteiger partial charge in [0.15, 0.2) is 0 Å². The van der Waals surface area contributed by atoms with Crippen LogP contribution in [0.1, 0.15) is 32.1 Å². The van der Waals surface area contributed by atoms with Crippen LogP contribution in [-0.4, -0.2) is 35.0 Å². The molecule has 96 valence electrons. The Morgan fingerprint density at radius 1 is 1.35 bits per heavy atom. The van der Waals surface area contributed by atoms with Crippen molar-refractivity contribution in [2.45, 2.75) is 50.2 Å². The fourth-order valence-electron chi connectivity index (χ4n) is 2.32. The summed E-state index contributed by atoms with van der Waals surface area (Å²) in [5, 5.41) is 5.51. The maximum absolute atomic E-state index is 11.9. The van der Waals surface area contributed by atoms with Gasteiger partial charge in [0.05, 0.1) is 0 Å². The number of carbonyl (C=O) groups is 2. The molecule has 0 aromatic rings. The Morgan fingerprint density at radius 3 is 2.82 bits per heavy atom. The maximum atomic E-state index is 11.9. The molecule has 17 heavy (non-hydrogen) atoms. The van der Waals surface area contributed by atoms with Gasteiger partial charge in [-0.1, -0.05) is 31.0 Å². The summed E-state index contributed by atoms with van der Waals surface area (Å²) in [5.74, 6) is 0.429. The fraction of sp³-hybridized carbons (Fsp3) is 0.818. The molecule has 1 saturated heterocycles. The molecule has 0 spiro atoms. The van der Waals surface area contributed by atoms with Crippen molar-refractivity contribution in [3.63, 3.8) is 0 Å². The minimum Gasteiger partial charge on any atom is -0.350 e. The quantitative estimate of drug-likeness (QED) is 0.632. The first-order chi connectivity index (χ1) is 8.16. The van der Waals surface area contributed by atoms with E-state index in [2.05, 4.69) is 10.6 Å². The minimum absolute atomic E-state index is 0.0474. The summed E-state index contributed by atoms with van der Waals surface area (Å²) < 4.78 is 0. The van der Waals surface area contributed by atoms with E-state index in [1.165, 1.54) is 6.42 Å². The highest BCUT2D eigenvalue weighted by Gasteiger charge is 2.30. The predicted octanol–water partition coefficient (Wildman–Crippen LogP) is 0.588. The van der Waals surface area contributed by atoms with Gasteiger partial charge < -0.3 is 16.4 Å². The fourth-order valence-corrected chi connectivity index (χ4v) is 3.10. The predicted molar refractivity (Wildman–Crippen MR) is 67.8 cm³/mol. The smallest absolute Gasteiger partial charge is 0.279 e. The van der Waals surface area contributed by atoms with Gasteiger partial charge in [-0.15, -0.1) is 0 Å². The van der Waals surface area contributed by atoms with Gasteiger partial charge in [0.2, 0.25) is 5.91 Å². The van der Waals surface area contributed by atoms with Crippen molar-refractivity contribution in [2.75, 3.05) is 5.75 Å². The van der Waals surface area contributed by atoms with E-state index in [-0.39, 0.29) is 29.3 Å². The zero-order valence-corrected chi connectivity index (χ0v) is 10.6. The third-order valence-electron chi connectivity index (χ3n) is 3.39. The lowest BCUT2D eigenvalue weighted by Gasteiger charge is -2.24. The molecule has 1 aliphatic heterocycles. The normalized spacial score (nSPS) is 33.9. The van der Waals surface area contributed by atoms with E-state index in [1.54, 1.807) is 0 Å². The van der Waals surface area contributed by atoms with Gasteiger partial charge >= 0.3 is 0 Å². The lowest BCUT2D eigenvalue weighted by Crippen LogP contribution is -2.52. The molecule has 0 aromatic heterocycles. The molecule has 2 fully saturated rings. The summed E-state index contributed by atoms with van der Waals surface area (Å²) in [5.41, 5.74) is 6.05. The molecule has 1 saturated carbocycles. The lowest BCUT2D eigenvalue weighted by molar-refractivity contribution is -0.123. The first-order valence-corrected chi connectivity index (χ1v) is 7.14. The number of thioether (sulfide) groups is 1. The molecule has 4 N–H and O–H groups in total. The highest BCUT2D eigenvalue weighted by atomic mass is 32.2. The van der Waals surface area contributed by atoms with Crippen LogP contribution in [0, 0.1) is 0 Å². The van der Waals surface area contributed by atoms with E-state index in [1.807, 2.05) is 0 Å². The summed E-state index contributed by atoms with van der Waals surface area (Å²) in [6.07, 6.45) is 5.36. The van der Waals surface area contributed by atoms with Crippen molar-refractivity contribution in [1.29, 1.82) is 0 Å². The lowest BCUT2D eigenvalue weighted by atomic mass is 10.0. The molecule has 1 aliphatic carbocycles. The number of nitrogens with two attached hydrogens (primary N) is 1. The van der Waals surface area contributed by atoms with Crippen LogP contribution in [0.15, 0.2) is 0 Å². The standard InChI is InChI=1S/C11H19N3O2S/c12-7-4-2-1-3-5-8(7)13-10(15)9-6-17-11(16)14-9/h7-9H,1-6,12H2,(H,13,15)(H,14,16). The Morgan fingerprint density at radius 2 is 2.12 bits per heavy atom. The second kappa shape index (κ2) is 5.73. The van der Waals surface area contributed by atoms with Crippen LogP contribution in [0.5, 0.6) is 0 Å². The number of rotatable bonds is 2. The monoisotopic (exact) mass is 257 g/mol. The van der Waals surface area contributed by atoms with Gasteiger partial charge in [0.1, 0.15) is 6.04 Å². The van der Waals surface area contributed by atoms with Gasteiger partial charge in [-0.05, 0) is 12.8 Å². The van der Waals surface area contributed by atoms with Gasteiger partial charge in [-0.3, -0.25) is 9.59 Å².